The van der Waals surface area contributed by atoms with E-state index in [0.29, 0.717) is 5.92 Å². The summed E-state index contributed by atoms with van der Waals surface area (Å²) in [5, 5.41) is 3.14. The molecule has 1 aliphatic heterocycles. The van der Waals surface area contributed by atoms with E-state index in [4.69, 9.17) is 10.5 Å². The molecule has 3 rings (SSSR count). The molecule has 3 aliphatic rings. The number of hydrogen-bond acceptors (Lipinski definition) is 3. The van der Waals surface area contributed by atoms with Crippen LogP contribution in [0.1, 0.15) is 25.7 Å². The third-order valence-electron chi connectivity index (χ3n) is 4.00. The van der Waals surface area contributed by atoms with Crippen LogP contribution in [0.2, 0.25) is 0 Å². The summed E-state index contributed by atoms with van der Waals surface area (Å²) in [5.41, 5.74) is 5.77. The van der Waals surface area contributed by atoms with E-state index in [0.717, 1.165) is 19.4 Å². The maximum absolute atomic E-state index is 12.1. The van der Waals surface area contributed by atoms with Gasteiger partial charge in [0.1, 0.15) is 0 Å². The van der Waals surface area contributed by atoms with E-state index in [1.807, 2.05) is 12.2 Å². The molecule has 4 nitrogen and oxygen atoms in total. The van der Waals surface area contributed by atoms with Crippen LogP contribution in [0.5, 0.6) is 0 Å². The van der Waals surface area contributed by atoms with Crippen molar-refractivity contribution in [2.24, 2.45) is 17.6 Å². The molecule has 0 aromatic heterocycles. The summed E-state index contributed by atoms with van der Waals surface area (Å²) in [6, 6.07) is 0.269. The highest BCUT2D eigenvalue weighted by molar-refractivity contribution is 5.81. The lowest BCUT2D eigenvalue weighted by molar-refractivity contribution is -0.124. The maximum atomic E-state index is 12.1. The molecule has 94 valence electrons. The second-order valence-corrected chi connectivity index (χ2v) is 5.47. The van der Waals surface area contributed by atoms with E-state index in [9.17, 15) is 4.79 Å². The molecular weight excluding hydrogens is 216 g/mol. The summed E-state index contributed by atoms with van der Waals surface area (Å²) in [6.45, 7) is 0.784. The molecule has 2 fully saturated rings. The van der Waals surface area contributed by atoms with E-state index in [-0.39, 0.29) is 30.0 Å². The molecule has 0 bridgehead atoms. The average molecular weight is 236 g/mol. The number of carbonyl (C=O) groups is 1. The van der Waals surface area contributed by atoms with Crippen molar-refractivity contribution >= 4 is 5.91 Å². The maximum Gasteiger partial charge on any atom is 0.227 e. The first-order valence-electron chi connectivity index (χ1n) is 6.60. The Morgan fingerprint density at radius 2 is 2.12 bits per heavy atom. The van der Waals surface area contributed by atoms with Gasteiger partial charge in [0.25, 0.3) is 0 Å². The van der Waals surface area contributed by atoms with Gasteiger partial charge in [-0.05, 0) is 31.6 Å². The predicted octanol–water partition coefficient (Wildman–Crippen LogP) is 0.573. The van der Waals surface area contributed by atoms with Crippen LogP contribution in [0.15, 0.2) is 12.2 Å². The molecule has 0 spiro atoms. The van der Waals surface area contributed by atoms with Gasteiger partial charge in [-0.1, -0.05) is 12.2 Å². The third kappa shape index (κ3) is 2.38. The number of amides is 1. The average Bonchev–Trinajstić information content (AvgIpc) is 2.89. The summed E-state index contributed by atoms with van der Waals surface area (Å²) >= 11 is 0. The van der Waals surface area contributed by atoms with E-state index in [1.54, 1.807) is 0 Å². The summed E-state index contributed by atoms with van der Waals surface area (Å²) in [5.74, 6) is 0.769. The molecular formula is C13H20N2O2. The topological polar surface area (TPSA) is 64.4 Å². The van der Waals surface area contributed by atoms with E-state index >= 15 is 0 Å². The minimum absolute atomic E-state index is 0.0366. The van der Waals surface area contributed by atoms with Crippen LogP contribution >= 0.6 is 0 Å². The standard InChI is InChI=1S/C13H20N2O2/c14-10-4-3-9(7-10)13(16)15-11-5-6-17-12(11)8-1-2-8/h3-4,8-12H,1-2,5-7,14H2,(H,15,16). The number of carbonyl (C=O) groups excluding carboxylic acids is 1. The van der Waals surface area contributed by atoms with Crippen molar-refractivity contribution in [3.8, 4) is 0 Å². The van der Waals surface area contributed by atoms with Crippen molar-refractivity contribution < 1.29 is 9.53 Å². The second-order valence-electron chi connectivity index (χ2n) is 5.47. The zero-order valence-electron chi connectivity index (χ0n) is 9.97. The first kappa shape index (κ1) is 11.2. The summed E-state index contributed by atoms with van der Waals surface area (Å²) in [4.78, 5) is 12.1. The van der Waals surface area contributed by atoms with Gasteiger partial charge in [-0.3, -0.25) is 4.79 Å². The molecule has 1 heterocycles. The fourth-order valence-electron chi connectivity index (χ4n) is 2.87. The Morgan fingerprint density at radius 1 is 1.29 bits per heavy atom. The highest BCUT2D eigenvalue weighted by Gasteiger charge is 2.41. The van der Waals surface area contributed by atoms with Gasteiger partial charge in [0.15, 0.2) is 0 Å². The Hall–Kier alpha value is -0.870. The van der Waals surface area contributed by atoms with Crippen molar-refractivity contribution in [3.63, 3.8) is 0 Å². The molecule has 2 aliphatic carbocycles. The van der Waals surface area contributed by atoms with Gasteiger partial charge in [0.2, 0.25) is 5.91 Å². The van der Waals surface area contributed by atoms with Gasteiger partial charge in [-0.2, -0.15) is 0 Å². The second kappa shape index (κ2) is 4.42. The Bertz CT molecular complexity index is 338. The molecule has 0 aromatic rings. The quantitative estimate of drug-likeness (QED) is 0.704. The molecule has 4 heteroatoms. The molecule has 17 heavy (non-hydrogen) atoms. The molecule has 4 unspecified atom stereocenters. The van der Waals surface area contributed by atoms with Gasteiger partial charge < -0.3 is 15.8 Å². The summed E-state index contributed by atoms with van der Waals surface area (Å²) < 4.78 is 5.72. The van der Waals surface area contributed by atoms with Crippen LogP contribution in [-0.2, 0) is 9.53 Å². The molecule has 4 atom stereocenters. The molecule has 0 radical (unpaired) electrons. The number of ether oxygens (including phenoxy) is 1. The van der Waals surface area contributed by atoms with E-state index < -0.39 is 0 Å². The molecule has 1 amide bonds. The van der Waals surface area contributed by atoms with Gasteiger partial charge >= 0.3 is 0 Å². The summed E-state index contributed by atoms with van der Waals surface area (Å²) in [7, 11) is 0. The molecule has 1 saturated heterocycles. The Morgan fingerprint density at radius 3 is 2.76 bits per heavy atom. The Kier molecular flexibility index (Phi) is 2.92. The third-order valence-corrected chi connectivity index (χ3v) is 4.00. The Balaban J connectivity index is 1.55. The van der Waals surface area contributed by atoms with Crippen molar-refractivity contribution in [3.05, 3.63) is 12.2 Å². The van der Waals surface area contributed by atoms with E-state index in [1.165, 1.54) is 12.8 Å². The predicted molar refractivity (Wildman–Crippen MR) is 64.2 cm³/mol. The van der Waals surface area contributed by atoms with Crippen LogP contribution in [0.25, 0.3) is 0 Å². The van der Waals surface area contributed by atoms with Crippen LogP contribution in [0.4, 0.5) is 0 Å². The lowest BCUT2D eigenvalue weighted by Crippen LogP contribution is -2.43. The number of nitrogens with two attached hydrogens (primary N) is 1. The highest BCUT2D eigenvalue weighted by atomic mass is 16.5. The van der Waals surface area contributed by atoms with Gasteiger partial charge in [-0.15, -0.1) is 0 Å². The smallest absolute Gasteiger partial charge is 0.227 e. The minimum atomic E-state index is -0.0366. The van der Waals surface area contributed by atoms with Crippen molar-refractivity contribution in [1.82, 2.24) is 5.32 Å². The first-order valence-corrected chi connectivity index (χ1v) is 6.60. The normalized spacial score (nSPS) is 40.8. The van der Waals surface area contributed by atoms with Crippen molar-refractivity contribution in [2.75, 3.05) is 6.61 Å². The molecule has 1 saturated carbocycles. The first-order chi connectivity index (χ1) is 8.24. The highest BCUT2D eigenvalue weighted by Crippen LogP contribution is 2.38. The number of rotatable bonds is 3. The van der Waals surface area contributed by atoms with Crippen LogP contribution in [0, 0.1) is 11.8 Å². The zero-order chi connectivity index (χ0) is 11.8. The van der Waals surface area contributed by atoms with Gasteiger partial charge in [0.05, 0.1) is 18.1 Å². The monoisotopic (exact) mass is 236 g/mol. The van der Waals surface area contributed by atoms with Gasteiger partial charge in [-0.25, -0.2) is 0 Å². The lowest BCUT2D eigenvalue weighted by atomic mass is 10.0. The Labute approximate surface area is 102 Å². The van der Waals surface area contributed by atoms with Crippen LogP contribution in [-0.4, -0.2) is 30.7 Å². The van der Waals surface area contributed by atoms with Gasteiger partial charge in [0, 0.05) is 12.6 Å². The fourth-order valence-corrected chi connectivity index (χ4v) is 2.87. The zero-order valence-corrected chi connectivity index (χ0v) is 9.97. The fraction of sp³-hybridized carbons (Fsp3) is 0.769. The molecule has 3 N–H and O–H groups in total. The number of nitrogens with one attached hydrogen (secondary N) is 1. The SMILES string of the molecule is NC1C=CC(C(=O)NC2CCOC2C2CC2)C1. The van der Waals surface area contributed by atoms with E-state index in [2.05, 4.69) is 5.32 Å². The minimum Gasteiger partial charge on any atom is -0.376 e. The van der Waals surface area contributed by atoms with Crippen molar-refractivity contribution in [2.45, 2.75) is 43.9 Å². The number of hydrogen-bond donors (Lipinski definition) is 2. The van der Waals surface area contributed by atoms with Crippen LogP contribution < -0.4 is 11.1 Å². The largest absolute Gasteiger partial charge is 0.376 e. The summed E-state index contributed by atoms with van der Waals surface area (Å²) in [6.07, 6.45) is 8.33. The van der Waals surface area contributed by atoms with Crippen LogP contribution in [0.3, 0.4) is 0 Å². The molecule has 0 aromatic carbocycles. The van der Waals surface area contributed by atoms with Crippen molar-refractivity contribution in [1.29, 1.82) is 0 Å². The lowest BCUT2D eigenvalue weighted by Gasteiger charge is -2.21.